The van der Waals surface area contributed by atoms with Gasteiger partial charge in [-0.2, -0.15) is 0 Å². The summed E-state index contributed by atoms with van der Waals surface area (Å²) in [5.41, 5.74) is 5.76. The first-order valence-electron chi connectivity index (χ1n) is 5.68. The molecule has 0 amide bonds. The van der Waals surface area contributed by atoms with Crippen LogP contribution in [-0.4, -0.2) is 5.84 Å². The predicted molar refractivity (Wildman–Crippen MR) is 68.1 cm³/mol. The summed E-state index contributed by atoms with van der Waals surface area (Å²) in [4.78, 5) is 0. The van der Waals surface area contributed by atoms with E-state index >= 15 is 0 Å². The molecule has 20 heavy (non-hydrogen) atoms. The van der Waals surface area contributed by atoms with E-state index < -0.39 is 23.2 Å². The van der Waals surface area contributed by atoms with Gasteiger partial charge in [-0.3, -0.25) is 5.41 Å². The van der Waals surface area contributed by atoms with Gasteiger partial charge < -0.3 is 10.5 Å². The number of amidine groups is 1. The lowest BCUT2D eigenvalue weighted by Crippen LogP contribution is -2.12. The van der Waals surface area contributed by atoms with Crippen molar-refractivity contribution in [2.24, 2.45) is 5.73 Å². The maximum Gasteiger partial charge on any atom is 0.191 e. The highest BCUT2D eigenvalue weighted by Gasteiger charge is 2.10. The average Bonchev–Trinajstić information content (AvgIpc) is 2.37. The Bertz CT molecular complexity index is 639. The van der Waals surface area contributed by atoms with Crippen LogP contribution in [-0.2, 0) is 6.61 Å². The van der Waals surface area contributed by atoms with E-state index in [2.05, 4.69) is 0 Å². The predicted octanol–water partition coefficient (Wildman–Crippen LogP) is 2.97. The molecule has 0 radical (unpaired) electrons. The second-order valence-corrected chi connectivity index (χ2v) is 4.10. The summed E-state index contributed by atoms with van der Waals surface area (Å²) in [6, 6.07) is 6.99. The summed E-state index contributed by atoms with van der Waals surface area (Å²) in [5, 5.41) is 7.24. The Morgan fingerprint density at radius 2 is 1.75 bits per heavy atom. The molecule has 0 aliphatic heterocycles. The molecule has 0 aliphatic carbocycles. The molecular weight excluding hydrogens is 269 g/mol. The zero-order valence-corrected chi connectivity index (χ0v) is 10.3. The summed E-state index contributed by atoms with van der Waals surface area (Å²) >= 11 is 0. The molecule has 0 saturated heterocycles. The molecule has 3 nitrogen and oxygen atoms in total. The maximum absolute atomic E-state index is 13.3. The largest absolute Gasteiger partial charge is 0.483 e. The Labute approximate surface area is 113 Å². The van der Waals surface area contributed by atoms with E-state index in [-0.39, 0.29) is 18.0 Å². The van der Waals surface area contributed by atoms with Gasteiger partial charge in [0.2, 0.25) is 0 Å². The van der Waals surface area contributed by atoms with E-state index in [4.69, 9.17) is 15.9 Å². The molecular formula is C14H11F3N2O. The van der Waals surface area contributed by atoms with Crippen molar-refractivity contribution in [3.63, 3.8) is 0 Å². The second kappa shape index (κ2) is 5.64. The quantitative estimate of drug-likeness (QED) is 0.668. The van der Waals surface area contributed by atoms with Crippen LogP contribution in [0.15, 0.2) is 36.4 Å². The first-order valence-corrected chi connectivity index (χ1v) is 5.68. The third-order valence-corrected chi connectivity index (χ3v) is 2.57. The summed E-state index contributed by atoms with van der Waals surface area (Å²) in [5.74, 6) is -3.12. The topological polar surface area (TPSA) is 59.1 Å². The van der Waals surface area contributed by atoms with Crippen LogP contribution >= 0.6 is 0 Å². The number of ether oxygens (including phenoxy) is 1. The third-order valence-electron chi connectivity index (χ3n) is 2.57. The number of hydrogen-bond acceptors (Lipinski definition) is 2. The monoisotopic (exact) mass is 280 g/mol. The minimum Gasteiger partial charge on any atom is -0.483 e. The first-order chi connectivity index (χ1) is 9.47. The lowest BCUT2D eigenvalue weighted by atomic mass is 10.1. The molecule has 0 aliphatic rings. The van der Waals surface area contributed by atoms with E-state index in [0.717, 1.165) is 24.3 Å². The first kappa shape index (κ1) is 13.9. The second-order valence-electron chi connectivity index (χ2n) is 4.10. The number of nitrogens with one attached hydrogen (secondary N) is 1. The van der Waals surface area contributed by atoms with Crippen LogP contribution in [0.2, 0.25) is 0 Å². The van der Waals surface area contributed by atoms with Crippen molar-refractivity contribution in [2.75, 3.05) is 0 Å². The van der Waals surface area contributed by atoms with Gasteiger partial charge >= 0.3 is 0 Å². The van der Waals surface area contributed by atoms with Crippen LogP contribution < -0.4 is 10.5 Å². The van der Waals surface area contributed by atoms with Crippen molar-refractivity contribution in [3.8, 4) is 5.75 Å². The fraction of sp³-hybridized carbons (Fsp3) is 0.0714. The third kappa shape index (κ3) is 3.09. The van der Waals surface area contributed by atoms with Gasteiger partial charge in [0, 0.05) is 5.56 Å². The lowest BCUT2D eigenvalue weighted by Gasteiger charge is -2.09. The van der Waals surface area contributed by atoms with Crippen LogP contribution in [0.1, 0.15) is 11.1 Å². The van der Waals surface area contributed by atoms with Crippen molar-refractivity contribution in [2.45, 2.75) is 6.61 Å². The molecule has 2 aromatic carbocycles. The number of para-hydroxylation sites is 1. The fourth-order valence-corrected chi connectivity index (χ4v) is 1.67. The van der Waals surface area contributed by atoms with Crippen molar-refractivity contribution in [1.82, 2.24) is 0 Å². The molecule has 0 spiro atoms. The molecule has 104 valence electrons. The number of benzene rings is 2. The minimum atomic E-state index is -0.840. The van der Waals surface area contributed by atoms with Gasteiger partial charge in [-0.1, -0.05) is 6.07 Å². The Morgan fingerprint density at radius 1 is 1.10 bits per heavy atom. The number of halogens is 3. The van der Waals surface area contributed by atoms with E-state index in [0.29, 0.717) is 5.56 Å². The van der Waals surface area contributed by atoms with Gasteiger partial charge in [-0.15, -0.1) is 0 Å². The normalized spacial score (nSPS) is 10.3. The number of rotatable bonds is 4. The Hall–Kier alpha value is -2.50. The van der Waals surface area contributed by atoms with Gasteiger partial charge in [0.05, 0.1) is 0 Å². The van der Waals surface area contributed by atoms with E-state index in [9.17, 15) is 13.2 Å². The van der Waals surface area contributed by atoms with Crippen LogP contribution in [0.5, 0.6) is 5.75 Å². The zero-order chi connectivity index (χ0) is 14.7. The number of nitrogens with two attached hydrogens (primary N) is 1. The fourth-order valence-electron chi connectivity index (χ4n) is 1.67. The highest BCUT2D eigenvalue weighted by Crippen LogP contribution is 2.22. The standard InChI is InChI=1S/C14H11F3N2O/c15-10-5-8(4-9(6-10)14(18)19)7-20-13-11(16)2-1-3-12(13)17/h1-6H,7H2,(H3,18,19). The van der Waals surface area contributed by atoms with Crippen LogP contribution in [0.4, 0.5) is 13.2 Å². The lowest BCUT2D eigenvalue weighted by molar-refractivity contribution is 0.273. The van der Waals surface area contributed by atoms with Gasteiger partial charge in [-0.05, 0) is 35.9 Å². The smallest absolute Gasteiger partial charge is 0.191 e. The van der Waals surface area contributed by atoms with Gasteiger partial charge in [0.15, 0.2) is 17.4 Å². The highest BCUT2D eigenvalue weighted by atomic mass is 19.1. The van der Waals surface area contributed by atoms with Gasteiger partial charge in [-0.25, -0.2) is 13.2 Å². The average molecular weight is 280 g/mol. The molecule has 0 bridgehead atoms. The van der Waals surface area contributed by atoms with Gasteiger partial charge in [0.25, 0.3) is 0 Å². The Morgan fingerprint density at radius 3 is 2.35 bits per heavy atom. The van der Waals surface area contributed by atoms with Crippen molar-refractivity contribution in [3.05, 3.63) is 65.0 Å². The molecule has 3 N–H and O–H groups in total. The SMILES string of the molecule is N=C(N)c1cc(F)cc(COc2c(F)cccc2F)c1. The molecule has 0 fully saturated rings. The van der Waals surface area contributed by atoms with Crippen LogP contribution in [0.25, 0.3) is 0 Å². The van der Waals surface area contributed by atoms with Crippen molar-refractivity contribution < 1.29 is 17.9 Å². The highest BCUT2D eigenvalue weighted by molar-refractivity contribution is 5.95. The zero-order valence-electron chi connectivity index (χ0n) is 10.3. The molecule has 0 unspecified atom stereocenters. The molecule has 2 aromatic rings. The molecule has 6 heteroatoms. The molecule has 0 atom stereocenters. The molecule has 2 rings (SSSR count). The molecule has 0 saturated carbocycles. The summed E-state index contributed by atoms with van der Waals surface area (Å²) in [6.07, 6.45) is 0. The van der Waals surface area contributed by atoms with Crippen LogP contribution in [0, 0.1) is 22.9 Å². The summed E-state index contributed by atoms with van der Waals surface area (Å²) in [6.45, 7) is -0.240. The molecule has 0 heterocycles. The Balaban J connectivity index is 2.21. The van der Waals surface area contributed by atoms with Crippen molar-refractivity contribution in [1.29, 1.82) is 5.41 Å². The molecule has 0 aromatic heterocycles. The Kier molecular flexibility index (Phi) is 3.93. The van der Waals surface area contributed by atoms with E-state index in [1.807, 2.05) is 0 Å². The maximum atomic E-state index is 13.3. The van der Waals surface area contributed by atoms with Crippen LogP contribution in [0.3, 0.4) is 0 Å². The van der Waals surface area contributed by atoms with Crippen molar-refractivity contribution >= 4 is 5.84 Å². The van der Waals surface area contributed by atoms with E-state index in [1.165, 1.54) is 12.1 Å². The summed E-state index contributed by atoms with van der Waals surface area (Å²) in [7, 11) is 0. The van der Waals surface area contributed by atoms with E-state index in [1.54, 1.807) is 0 Å². The minimum absolute atomic E-state index is 0.178. The number of hydrogen-bond donors (Lipinski definition) is 2. The summed E-state index contributed by atoms with van der Waals surface area (Å²) < 4.78 is 45.0. The van der Waals surface area contributed by atoms with Gasteiger partial charge in [0.1, 0.15) is 18.3 Å². The number of nitrogen functional groups attached to an aromatic ring is 1.